The van der Waals surface area contributed by atoms with Crippen molar-refractivity contribution in [2.75, 3.05) is 13.1 Å². The maximum atomic E-state index is 13.5. The van der Waals surface area contributed by atoms with Gasteiger partial charge in [-0.2, -0.15) is 0 Å². The first-order valence-electron chi connectivity index (χ1n) is 7.59. The van der Waals surface area contributed by atoms with Crippen molar-refractivity contribution in [1.82, 2.24) is 10.2 Å². The lowest BCUT2D eigenvalue weighted by molar-refractivity contribution is -0.131. The smallest absolute Gasteiger partial charge is 0.254 e. The SMILES string of the molecule is CC(O)CC1CCCN1C(=O)CNC(=O)c1ccc(F)cc1F. The van der Waals surface area contributed by atoms with Crippen LogP contribution >= 0.6 is 0 Å². The number of benzene rings is 1. The maximum absolute atomic E-state index is 13.5. The number of hydrogen-bond acceptors (Lipinski definition) is 3. The Hall–Kier alpha value is -2.02. The van der Waals surface area contributed by atoms with Crippen molar-refractivity contribution in [2.45, 2.75) is 38.3 Å². The van der Waals surface area contributed by atoms with Crippen molar-refractivity contribution < 1.29 is 23.5 Å². The summed E-state index contributed by atoms with van der Waals surface area (Å²) in [7, 11) is 0. The highest BCUT2D eigenvalue weighted by atomic mass is 19.1. The number of likely N-dealkylation sites (tertiary alicyclic amines) is 1. The molecule has 0 radical (unpaired) electrons. The van der Waals surface area contributed by atoms with E-state index in [1.54, 1.807) is 11.8 Å². The number of nitrogens with zero attached hydrogens (tertiary/aromatic N) is 1. The first-order chi connectivity index (χ1) is 10.9. The molecule has 1 aromatic carbocycles. The molecule has 23 heavy (non-hydrogen) atoms. The summed E-state index contributed by atoms with van der Waals surface area (Å²) in [5, 5.41) is 11.8. The molecule has 0 bridgehead atoms. The number of nitrogens with one attached hydrogen (secondary N) is 1. The van der Waals surface area contributed by atoms with Crippen molar-refractivity contribution in [3.8, 4) is 0 Å². The molecule has 0 aromatic heterocycles. The van der Waals surface area contributed by atoms with Crippen LogP contribution in [0.3, 0.4) is 0 Å². The number of halogens is 2. The van der Waals surface area contributed by atoms with Gasteiger partial charge < -0.3 is 15.3 Å². The number of rotatable bonds is 5. The molecule has 2 rings (SSSR count). The predicted molar refractivity (Wildman–Crippen MR) is 79.7 cm³/mol. The van der Waals surface area contributed by atoms with Gasteiger partial charge in [0.25, 0.3) is 5.91 Å². The van der Waals surface area contributed by atoms with E-state index >= 15 is 0 Å². The Labute approximate surface area is 133 Å². The zero-order chi connectivity index (χ0) is 17.0. The van der Waals surface area contributed by atoms with E-state index in [4.69, 9.17) is 0 Å². The Morgan fingerprint density at radius 1 is 1.43 bits per heavy atom. The Balaban J connectivity index is 1.92. The van der Waals surface area contributed by atoms with Crippen LogP contribution in [0.15, 0.2) is 18.2 Å². The third-order valence-corrected chi connectivity index (χ3v) is 3.89. The minimum absolute atomic E-state index is 0.0399. The lowest BCUT2D eigenvalue weighted by Crippen LogP contribution is -2.43. The van der Waals surface area contributed by atoms with Crippen molar-refractivity contribution in [3.05, 3.63) is 35.4 Å². The van der Waals surface area contributed by atoms with Crippen LogP contribution in [-0.4, -0.2) is 47.1 Å². The van der Waals surface area contributed by atoms with Gasteiger partial charge in [-0.3, -0.25) is 9.59 Å². The second kappa shape index (κ2) is 7.50. The first kappa shape index (κ1) is 17.3. The van der Waals surface area contributed by atoms with E-state index in [2.05, 4.69) is 5.32 Å². The molecule has 0 saturated carbocycles. The standard InChI is InChI=1S/C16H20F2N2O3/c1-10(21)7-12-3-2-6-20(12)15(22)9-19-16(23)13-5-4-11(17)8-14(13)18/h4-5,8,10,12,21H,2-3,6-7,9H2,1H3,(H,19,23). The molecule has 2 N–H and O–H groups in total. The van der Waals surface area contributed by atoms with Crippen LogP contribution < -0.4 is 5.32 Å². The molecule has 0 spiro atoms. The summed E-state index contributed by atoms with van der Waals surface area (Å²) in [5.41, 5.74) is -0.304. The second-order valence-electron chi connectivity index (χ2n) is 5.77. The second-order valence-corrected chi connectivity index (χ2v) is 5.77. The lowest BCUT2D eigenvalue weighted by Gasteiger charge is -2.25. The van der Waals surface area contributed by atoms with Crippen molar-refractivity contribution in [3.63, 3.8) is 0 Å². The van der Waals surface area contributed by atoms with Crippen molar-refractivity contribution in [1.29, 1.82) is 0 Å². The highest BCUT2D eigenvalue weighted by Crippen LogP contribution is 2.21. The third-order valence-electron chi connectivity index (χ3n) is 3.89. The van der Waals surface area contributed by atoms with Gasteiger partial charge in [-0.05, 0) is 38.3 Å². The summed E-state index contributed by atoms with van der Waals surface area (Å²) in [6.07, 6.45) is 1.66. The summed E-state index contributed by atoms with van der Waals surface area (Å²) in [5.74, 6) is -2.78. The molecule has 0 aliphatic carbocycles. The van der Waals surface area contributed by atoms with Crippen molar-refractivity contribution in [2.24, 2.45) is 0 Å². The molecule has 1 aliphatic rings. The van der Waals surface area contributed by atoms with E-state index in [0.29, 0.717) is 19.0 Å². The zero-order valence-electron chi connectivity index (χ0n) is 12.9. The Morgan fingerprint density at radius 3 is 2.83 bits per heavy atom. The number of carbonyl (C=O) groups excluding carboxylic acids is 2. The molecule has 5 nitrogen and oxygen atoms in total. The van der Waals surface area contributed by atoms with Gasteiger partial charge >= 0.3 is 0 Å². The predicted octanol–water partition coefficient (Wildman–Crippen LogP) is 1.46. The summed E-state index contributed by atoms with van der Waals surface area (Å²) < 4.78 is 26.3. The van der Waals surface area contributed by atoms with Crippen LogP contribution in [0.25, 0.3) is 0 Å². The normalized spacial score (nSPS) is 18.8. The molecule has 7 heteroatoms. The van der Waals surface area contributed by atoms with Crippen LogP contribution in [0, 0.1) is 11.6 Å². The molecular weight excluding hydrogens is 306 g/mol. The Bertz CT molecular complexity index is 593. The van der Waals surface area contributed by atoms with E-state index in [1.165, 1.54) is 0 Å². The van der Waals surface area contributed by atoms with Gasteiger partial charge in [0.1, 0.15) is 11.6 Å². The lowest BCUT2D eigenvalue weighted by atomic mass is 10.1. The number of hydrogen-bond donors (Lipinski definition) is 2. The van der Waals surface area contributed by atoms with Crippen LogP contribution in [-0.2, 0) is 4.79 Å². The number of aliphatic hydroxyl groups excluding tert-OH is 1. The van der Waals surface area contributed by atoms with Crippen LogP contribution in [0.2, 0.25) is 0 Å². The van der Waals surface area contributed by atoms with Gasteiger partial charge in [-0.15, -0.1) is 0 Å². The minimum atomic E-state index is -0.969. The number of amides is 2. The van der Waals surface area contributed by atoms with Crippen LogP contribution in [0.4, 0.5) is 8.78 Å². The fraction of sp³-hybridized carbons (Fsp3) is 0.500. The topological polar surface area (TPSA) is 69.6 Å². The quantitative estimate of drug-likeness (QED) is 0.861. The van der Waals surface area contributed by atoms with Gasteiger partial charge in [-0.1, -0.05) is 0 Å². The summed E-state index contributed by atoms with van der Waals surface area (Å²) in [6.45, 7) is 1.99. The van der Waals surface area contributed by atoms with Crippen LogP contribution in [0.1, 0.15) is 36.5 Å². The number of aliphatic hydroxyl groups is 1. The fourth-order valence-electron chi connectivity index (χ4n) is 2.83. The molecule has 1 heterocycles. The summed E-state index contributed by atoms with van der Waals surface area (Å²) in [4.78, 5) is 25.7. The van der Waals surface area contributed by atoms with Gasteiger partial charge in [0, 0.05) is 18.7 Å². The molecule has 1 saturated heterocycles. The molecule has 2 amide bonds. The van der Waals surface area contributed by atoms with Crippen molar-refractivity contribution >= 4 is 11.8 Å². The average Bonchev–Trinajstić information content (AvgIpc) is 2.91. The van der Waals surface area contributed by atoms with Crippen LogP contribution in [0.5, 0.6) is 0 Å². The van der Waals surface area contributed by atoms with E-state index in [1.807, 2.05) is 0 Å². The molecule has 1 fully saturated rings. The van der Waals surface area contributed by atoms with E-state index in [0.717, 1.165) is 25.0 Å². The minimum Gasteiger partial charge on any atom is -0.393 e. The molecule has 1 aromatic rings. The fourth-order valence-corrected chi connectivity index (χ4v) is 2.83. The third kappa shape index (κ3) is 4.48. The Kier molecular flexibility index (Phi) is 5.65. The van der Waals surface area contributed by atoms with E-state index in [-0.39, 0.29) is 24.1 Å². The van der Waals surface area contributed by atoms with E-state index < -0.39 is 23.6 Å². The monoisotopic (exact) mass is 326 g/mol. The average molecular weight is 326 g/mol. The summed E-state index contributed by atoms with van der Waals surface area (Å²) in [6, 6.07) is 2.60. The summed E-state index contributed by atoms with van der Waals surface area (Å²) >= 11 is 0. The maximum Gasteiger partial charge on any atom is 0.254 e. The van der Waals surface area contributed by atoms with E-state index in [9.17, 15) is 23.5 Å². The number of carbonyl (C=O) groups is 2. The molecule has 1 aliphatic heterocycles. The molecule has 2 atom stereocenters. The van der Waals surface area contributed by atoms with Gasteiger partial charge in [-0.25, -0.2) is 8.78 Å². The molecular formula is C16H20F2N2O3. The van der Waals surface area contributed by atoms with Gasteiger partial charge in [0.2, 0.25) is 5.91 Å². The highest BCUT2D eigenvalue weighted by molar-refractivity contribution is 5.96. The van der Waals surface area contributed by atoms with Gasteiger partial charge in [0.15, 0.2) is 0 Å². The molecule has 2 unspecified atom stereocenters. The largest absolute Gasteiger partial charge is 0.393 e. The zero-order valence-corrected chi connectivity index (χ0v) is 12.9. The molecule has 126 valence electrons. The highest BCUT2D eigenvalue weighted by Gasteiger charge is 2.29. The van der Waals surface area contributed by atoms with Gasteiger partial charge in [0.05, 0.1) is 18.2 Å². The Morgan fingerprint density at radius 2 is 2.17 bits per heavy atom. The first-order valence-corrected chi connectivity index (χ1v) is 7.59.